The number of aromatic amines is 1. The molecule has 0 saturated heterocycles. The predicted octanol–water partition coefficient (Wildman–Crippen LogP) is 2.53. The van der Waals surface area contributed by atoms with Gasteiger partial charge in [0.25, 0.3) is 0 Å². The molecule has 4 heteroatoms. The minimum Gasteiger partial charge on any atom is -0.359 e. The fourth-order valence-corrected chi connectivity index (χ4v) is 1.58. The fourth-order valence-electron chi connectivity index (χ4n) is 1.25. The number of ketones is 1. The second kappa shape index (κ2) is 2.96. The van der Waals surface area contributed by atoms with Gasteiger partial charge in [0.05, 0.1) is 16.6 Å². The van der Waals surface area contributed by atoms with Gasteiger partial charge in [-0.2, -0.15) is 0 Å². The lowest BCUT2D eigenvalue weighted by Crippen LogP contribution is -1.90. The van der Waals surface area contributed by atoms with Gasteiger partial charge >= 0.3 is 0 Å². The highest BCUT2D eigenvalue weighted by molar-refractivity contribution is 9.10. The summed E-state index contributed by atoms with van der Waals surface area (Å²) in [7, 11) is 0. The summed E-state index contributed by atoms with van der Waals surface area (Å²) in [5.41, 5.74) is 2.25. The van der Waals surface area contributed by atoms with E-state index in [4.69, 9.17) is 0 Å². The molecule has 0 atom stereocenters. The minimum atomic E-state index is 0.0288. The van der Waals surface area contributed by atoms with Crippen molar-refractivity contribution in [2.75, 3.05) is 0 Å². The molecule has 1 N–H and O–H groups in total. The first kappa shape index (κ1) is 8.44. The first-order valence-electron chi connectivity index (χ1n) is 3.82. The van der Waals surface area contributed by atoms with Crippen molar-refractivity contribution < 1.29 is 4.79 Å². The van der Waals surface area contributed by atoms with Gasteiger partial charge in [0.15, 0.2) is 5.78 Å². The van der Waals surface area contributed by atoms with Gasteiger partial charge < -0.3 is 4.98 Å². The van der Waals surface area contributed by atoms with E-state index < -0.39 is 0 Å². The highest BCUT2D eigenvalue weighted by atomic mass is 79.9. The molecule has 13 heavy (non-hydrogen) atoms. The highest BCUT2D eigenvalue weighted by Crippen LogP contribution is 2.19. The van der Waals surface area contributed by atoms with Crippen LogP contribution in [-0.2, 0) is 0 Å². The van der Waals surface area contributed by atoms with Crippen LogP contribution in [0.3, 0.4) is 0 Å². The van der Waals surface area contributed by atoms with E-state index >= 15 is 0 Å². The molecular formula is C9H7BrN2O. The summed E-state index contributed by atoms with van der Waals surface area (Å²) >= 11 is 3.31. The van der Waals surface area contributed by atoms with Gasteiger partial charge in [0.1, 0.15) is 0 Å². The SMILES string of the molecule is CC(=O)c1c[nH]c2cc(Br)cnc12. The average Bonchev–Trinajstić information content (AvgIpc) is 2.46. The molecule has 0 spiro atoms. The van der Waals surface area contributed by atoms with Crippen LogP contribution < -0.4 is 0 Å². The number of rotatable bonds is 1. The Labute approximate surface area is 83.3 Å². The molecule has 2 aromatic rings. The maximum atomic E-state index is 11.1. The standard InChI is InChI=1S/C9H7BrN2O/c1-5(13)7-4-11-8-2-6(10)3-12-9(7)8/h2-4,11H,1H3. The lowest BCUT2D eigenvalue weighted by molar-refractivity contribution is 0.101. The Morgan fingerprint density at radius 3 is 3.08 bits per heavy atom. The number of carbonyl (C=O) groups excluding carboxylic acids is 1. The van der Waals surface area contributed by atoms with Crippen LogP contribution in [0.1, 0.15) is 17.3 Å². The maximum absolute atomic E-state index is 11.1. The third-order valence-electron chi connectivity index (χ3n) is 1.86. The zero-order valence-electron chi connectivity index (χ0n) is 6.97. The summed E-state index contributed by atoms with van der Waals surface area (Å²) in [6.07, 6.45) is 3.37. The van der Waals surface area contributed by atoms with Crippen molar-refractivity contribution in [1.29, 1.82) is 0 Å². The number of fused-ring (bicyclic) bond motifs is 1. The Bertz CT molecular complexity index is 475. The van der Waals surface area contributed by atoms with Crippen molar-refractivity contribution >= 4 is 32.7 Å². The molecule has 0 aromatic carbocycles. The number of halogens is 1. The van der Waals surface area contributed by atoms with E-state index in [2.05, 4.69) is 25.9 Å². The molecule has 2 heterocycles. The third-order valence-corrected chi connectivity index (χ3v) is 2.29. The number of Topliss-reactive ketones (excluding diaryl/α,β-unsaturated/α-hetero) is 1. The topological polar surface area (TPSA) is 45.8 Å². The quantitative estimate of drug-likeness (QED) is 0.777. The summed E-state index contributed by atoms with van der Waals surface area (Å²) in [5, 5.41) is 0. The lowest BCUT2D eigenvalue weighted by Gasteiger charge is -1.92. The number of hydrogen-bond donors (Lipinski definition) is 1. The smallest absolute Gasteiger partial charge is 0.163 e. The van der Waals surface area contributed by atoms with Crippen LogP contribution in [0.5, 0.6) is 0 Å². The molecule has 2 rings (SSSR count). The number of carbonyl (C=O) groups is 1. The number of nitrogens with one attached hydrogen (secondary N) is 1. The van der Waals surface area contributed by atoms with Crippen LogP contribution in [0, 0.1) is 0 Å². The van der Waals surface area contributed by atoms with E-state index in [1.165, 1.54) is 6.92 Å². The van der Waals surface area contributed by atoms with Crippen molar-refractivity contribution in [3.05, 3.63) is 28.5 Å². The average molecular weight is 239 g/mol. The van der Waals surface area contributed by atoms with Crippen molar-refractivity contribution in [2.45, 2.75) is 6.92 Å². The Kier molecular flexibility index (Phi) is 1.92. The van der Waals surface area contributed by atoms with E-state index in [0.717, 1.165) is 15.5 Å². The monoisotopic (exact) mass is 238 g/mol. The largest absolute Gasteiger partial charge is 0.359 e. The van der Waals surface area contributed by atoms with Crippen LogP contribution in [-0.4, -0.2) is 15.8 Å². The Morgan fingerprint density at radius 2 is 2.38 bits per heavy atom. The minimum absolute atomic E-state index is 0.0288. The molecule has 0 fully saturated rings. The molecule has 0 radical (unpaired) electrons. The number of aromatic nitrogens is 2. The van der Waals surface area contributed by atoms with Crippen LogP contribution >= 0.6 is 15.9 Å². The lowest BCUT2D eigenvalue weighted by atomic mass is 10.2. The van der Waals surface area contributed by atoms with Crippen LogP contribution in [0.4, 0.5) is 0 Å². The molecule has 3 nitrogen and oxygen atoms in total. The van der Waals surface area contributed by atoms with Gasteiger partial charge in [-0.15, -0.1) is 0 Å². The highest BCUT2D eigenvalue weighted by Gasteiger charge is 2.08. The van der Waals surface area contributed by atoms with E-state index in [9.17, 15) is 4.79 Å². The maximum Gasteiger partial charge on any atom is 0.163 e. The summed E-state index contributed by atoms with van der Waals surface area (Å²) in [6, 6.07) is 1.90. The zero-order chi connectivity index (χ0) is 9.42. The van der Waals surface area contributed by atoms with Gasteiger partial charge in [-0.3, -0.25) is 9.78 Å². The molecule has 0 unspecified atom stereocenters. The van der Waals surface area contributed by atoms with Gasteiger partial charge in [-0.05, 0) is 28.9 Å². The summed E-state index contributed by atoms with van der Waals surface area (Å²) in [4.78, 5) is 18.3. The number of pyridine rings is 1. The van der Waals surface area contributed by atoms with Crippen LogP contribution in [0.15, 0.2) is 22.9 Å². The first-order chi connectivity index (χ1) is 6.18. The van der Waals surface area contributed by atoms with E-state index in [1.54, 1.807) is 12.4 Å². The molecule has 0 amide bonds. The van der Waals surface area contributed by atoms with Gasteiger partial charge in [-0.1, -0.05) is 0 Å². The Balaban J connectivity index is 2.76. The van der Waals surface area contributed by atoms with Crippen LogP contribution in [0.25, 0.3) is 11.0 Å². The summed E-state index contributed by atoms with van der Waals surface area (Å²) in [5.74, 6) is 0.0288. The molecule has 0 saturated carbocycles. The molecule has 0 aliphatic heterocycles. The Morgan fingerprint density at radius 1 is 1.62 bits per heavy atom. The second-order valence-electron chi connectivity index (χ2n) is 2.81. The molecular weight excluding hydrogens is 232 g/mol. The molecule has 66 valence electrons. The van der Waals surface area contributed by atoms with E-state index in [-0.39, 0.29) is 5.78 Å². The molecule has 0 aliphatic carbocycles. The van der Waals surface area contributed by atoms with Gasteiger partial charge in [0, 0.05) is 16.9 Å². The summed E-state index contributed by atoms with van der Waals surface area (Å²) < 4.78 is 0.900. The normalized spacial score (nSPS) is 10.6. The molecule has 0 bridgehead atoms. The second-order valence-corrected chi connectivity index (χ2v) is 3.72. The van der Waals surface area contributed by atoms with Crippen molar-refractivity contribution in [3.63, 3.8) is 0 Å². The molecule has 2 aromatic heterocycles. The predicted molar refractivity (Wildman–Crippen MR) is 53.8 cm³/mol. The number of hydrogen-bond acceptors (Lipinski definition) is 2. The van der Waals surface area contributed by atoms with Gasteiger partial charge in [0.2, 0.25) is 0 Å². The van der Waals surface area contributed by atoms with E-state index in [0.29, 0.717) is 5.56 Å². The number of H-pyrrole nitrogens is 1. The van der Waals surface area contributed by atoms with E-state index in [1.807, 2.05) is 6.07 Å². The number of nitrogens with zero attached hydrogens (tertiary/aromatic N) is 1. The van der Waals surface area contributed by atoms with Crippen molar-refractivity contribution in [3.8, 4) is 0 Å². The molecule has 0 aliphatic rings. The van der Waals surface area contributed by atoms with Crippen molar-refractivity contribution in [1.82, 2.24) is 9.97 Å². The fraction of sp³-hybridized carbons (Fsp3) is 0.111. The first-order valence-corrected chi connectivity index (χ1v) is 4.61. The summed E-state index contributed by atoms with van der Waals surface area (Å²) in [6.45, 7) is 1.53. The Hall–Kier alpha value is -1.16. The van der Waals surface area contributed by atoms with Crippen molar-refractivity contribution in [2.24, 2.45) is 0 Å². The van der Waals surface area contributed by atoms with Crippen LogP contribution in [0.2, 0.25) is 0 Å². The zero-order valence-corrected chi connectivity index (χ0v) is 8.55. The van der Waals surface area contributed by atoms with Gasteiger partial charge in [-0.25, -0.2) is 0 Å². The third kappa shape index (κ3) is 1.37.